The van der Waals surface area contributed by atoms with Crippen LogP contribution in [0.15, 0.2) is 42.5 Å². The number of amides is 1. The Balaban J connectivity index is 2.33. The topological polar surface area (TPSA) is 84.7 Å². The second-order valence-corrected chi connectivity index (χ2v) is 5.92. The molecule has 0 aliphatic rings. The highest BCUT2D eigenvalue weighted by molar-refractivity contribution is 6.34. The first-order chi connectivity index (χ1) is 12.5. The standard InChI is InChI=1S/C19H22ClN3O3/c1-3-26-18(24)10-11-23(17-7-5-4-6-14(17)20)19(25)13-8-9-16(22-2)15(21)12-13/h4-9,12,22H,3,10-11,21H2,1-2H3. The SMILES string of the molecule is CCOC(=O)CCN(C(=O)c1ccc(NC)c(N)c1)c1ccccc1Cl. The molecule has 0 fully saturated rings. The maximum absolute atomic E-state index is 13.1. The van der Waals surface area contributed by atoms with Gasteiger partial charge in [0.2, 0.25) is 0 Å². The quantitative estimate of drug-likeness (QED) is 0.571. The Labute approximate surface area is 157 Å². The van der Waals surface area contributed by atoms with Crippen LogP contribution in [0.3, 0.4) is 0 Å². The first-order valence-corrected chi connectivity index (χ1v) is 8.65. The Kier molecular flexibility index (Phi) is 6.86. The Morgan fingerprint density at radius 3 is 2.58 bits per heavy atom. The highest BCUT2D eigenvalue weighted by atomic mass is 35.5. The molecule has 0 saturated heterocycles. The van der Waals surface area contributed by atoms with E-state index in [1.807, 2.05) is 0 Å². The van der Waals surface area contributed by atoms with Crippen LogP contribution in [0.1, 0.15) is 23.7 Å². The predicted octanol–water partition coefficient (Wildman–Crippen LogP) is 3.56. The summed E-state index contributed by atoms with van der Waals surface area (Å²) in [4.78, 5) is 26.3. The molecule has 3 N–H and O–H groups in total. The fourth-order valence-corrected chi connectivity index (χ4v) is 2.76. The van der Waals surface area contributed by atoms with Gasteiger partial charge in [0.05, 0.1) is 35.1 Å². The van der Waals surface area contributed by atoms with Crippen molar-refractivity contribution in [1.82, 2.24) is 0 Å². The molecule has 1 amide bonds. The fourth-order valence-electron chi connectivity index (χ4n) is 2.52. The van der Waals surface area contributed by atoms with Crippen LogP contribution in [-0.2, 0) is 9.53 Å². The van der Waals surface area contributed by atoms with Crippen LogP contribution in [0.4, 0.5) is 17.1 Å². The summed E-state index contributed by atoms with van der Waals surface area (Å²) in [6.45, 7) is 2.18. The summed E-state index contributed by atoms with van der Waals surface area (Å²) in [5.74, 6) is -0.667. The number of nitrogen functional groups attached to an aromatic ring is 1. The second-order valence-electron chi connectivity index (χ2n) is 5.52. The Bertz CT molecular complexity index is 795. The molecule has 0 saturated carbocycles. The van der Waals surface area contributed by atoms with Crippen molar-refractivity contribution in [3.05, 3.63) is 53.1 Å². The Morgan fingerprint density at radius 1 is 1.23 bits per heavy atom. The number of hydrogen-bond acceptors (Lipinski definition) is 5. The lowest BCUT2D eigenvalue weighted by Gasteiger charge is -2.24. The third kappa shape index (κ3) is 4.67. The summed E-state index contributed by atoms with van der Waals surface area (Å²) < 4.78 is 4.96. The van der Waals surface area contributed by atoms with Crippen LogP contribution in [0.25, 0.3) is 0 Å². The molecule has 2 aromatic carbocycles. The Morgan fingerprint density at radius 2 is 1.96 bits per heavy atom. The second kappa shape index (κ2) is 9.10. The highest BCUT2D eigenvalue weighted by Gasteiger charge is 2.21. The van der Waals surface area contributed by atoms with Crippen molar-refractivity contribution in [3.63, 3.8) is 0 Å². The number of nitrogens with zero attached hydrogens (tertiary/aromatic N) is 1. The maximum Gasteiger partial charge on any atom is 0.307 e. The van der Waals surface area contributed by atoms with Gasteiger partial charge >= 0.3 is 5.97 Å². The summed E-state index contributed by atoms with van der Waals surface area (Å²) in [6, 6.07) is 12.0. The Hall–Kier alpha value is -2.73. The van der Waals surface area contributed by atoms with Gasteiger partial charge < -0.3 is 20.7 Å². The minimum absolute atomic E-state index is 0.0644. The molecule has 0 spiro atoms. The van der Waals surface area contributed by atoms with Gasteiger partial charge in [-0.25, -0.2) is 0 Å². The zero-order chi connectivity index (χ0) is 19.1. The van der Waals surface area contributed by atoms with E-state index in [-0.39, 0.29) is 24.8 Å². The first kappa shape index (κ1) is 19.6. The molecule has 6 nitrogen and oxygen atoms in total. The van der Waals surface area contributed by atoms with Gasteiger partial charge in [0.25, 0.3) is 5.91 Å². The van der Waals surface area contributed by atoms with Gasteiger partial charge in [0.15, 0.2) is 0 Å². The van der Waals surface area contributed by atoms with E-state index in [2.05, 4.69) is 5.32 Å². The van der Waals surface area contributed by atoms with Gasteiger partial charge in [-0.1, -0.05) is 23.7 Å². The lowest BCUT2D eigenvalue weighted by Crippen LogP contribution is -2.33. The van der Waals surface area contributed by atoms with E-state index in [1.165, 1.54) is 4.90 Å². The van der Waals surface area contributed by atoms with Crippen LogP contribution >= 0.6 is 11.6 Å². The molecule has 7 heteroatoms. The molecule has 0 aliphatic heterocycles. The number of benzene rings is 2. The largest absolute Gasteiger partial charge is 0.466 e. The van der Waals surface area contributed by atoms with E-state index in [4.69, 9.17) is 22.1 Å². The van der Waals surface area contributed by atoms with Crippen LogP contribution in [0, 0.1) is 0 Å². The lowest BCUT2D eigenvalue weighted by molar-refractivity contribution is -0.142. The maximum atomic E-state index is 13.1. The number of carbonyl (C=O) groups excluding carboxylic acids is 2. The van der Waals surface area contributed by atoms with E-state index < -0.39 is 0 Å². The third-order valence-electron chi connectivity index (χ3n) is 3.80. The minimum atomic E-state index is -0.373. The van der Waals surface area contributed by atoms with E-state index in [9.17, 15) is 9.59 Å². The summed E-state index contributed by atoms with van der Waals surface area (Å²) in [6.07, 6.45) is 0.0644. The number of esters is 1. The molecule has 0 atom stereocenters. The van der Waals surface area contributed by atoms with Crippen molar-refractivity contribution >= 4 is 40.5 Å². The molecular formula is C19H22ClN3O3. The number of anilines is 3. The molecule has 26 heavy (non-hydrogen) atoms. The normalized spacial score (nSPS) is 10.3. The number of nitrogens with one attached hydrogen (secondary N) is 1. The van der Waals surface area contributed by atoms with Crippen LogP contribution < -0.4 is 16.0 Å². The van der Waals surface area contributed by atoms with Crippen LogP contribution in [0.5, 0.6) is 0 Å². The molecule has 0 radical (unpaired) electrons. The van der Waals surface area contributed by atoms with Gasteiger partial charge in [-0.05, 0) is 37.3 Å². The molecule has 0 unspecified atom stereocenters. The van der Waals surface area contributed by atoms with Crippen molar-refractivity contribution in [3.8, 4) is 0 Å². The molecule has 2 rings (SSSR count). The van der Waals surface area contributed by atoms with Crippen molar-refractivity contribution in [1.29, 1.82) is 0 Å². The highest BCUT2D eigenvalue weighted by Crippen LogP contribution is 2.28. The third-order valence-corrected chi connectivity index (χ3v) is 4.12. The number of halogens is 1. The van der Waals surface area contributed by atoms with E-state index in [0.29, 0.717) is 28.6 Å². The van der Waals surface area contributed by atoms with Crippen molar-refractivity contribution < 1.29 is 14.3 Å². The molecule has 0 aliphatic carbocycles. The lowest BCUT2D eigenvalue weighted by atomic mass is 10.1. The predicted molar refractivity (Wildman–Crippen MR) is 105 cm³/mol. The van der Waals surface area contributed by atoms with E-state index in [0.717, 1.165) is 5.69 Å². The van der Waals surface area contributed by atoms with Crippen LogP contribution in [-0.4, -0.2) is 32.1 Å². The van der Waals surface area contributed by atoms with Gasteiger partial charge in [0.1, 0.15) is 0 Å². The fraction of sp³-hybridized carbons (Fsp3) is 0.263. The first-order valence-electron chi connectivity index (χ1n) is 8.27. The molecule has 138 valence electrons. The number of hydrogen-bond donors (Lipinski definition) is 2. The van der Waals surface area contributed by atoms with Crippen LogP contribution in [0.2, 0.25) is 5.02 Å². The number of ether oxygens (including phenoxy) is 1. The smallest absolute Gasteiger partial charge is 0.307 e. The van der Waals surface area contributed by atoms with E-state index >= 15 is 0 Å². The zero-order valence-corrected chi connectivity index (χ0v) is 15.5. The summed E-state index contributed by atoms with van der Waals surface area (Å²) in [5, 5.41) is 3.37. The summed E-state index contributed by atoms with van der Waals surface area (Å²) >= 11 is 6.26. The monoisotopic (exact) mass is 375 g/mol. The molecule has 0 bridgehead atoms. The number of rotatable bonds is 7. The van der Waals surface area contributed by atoms with Gasteiger partial charge in [-0.2, -0.15) is 0 Å². The molecule has 2 aromatic rings. The van der Waals surface area contributed by atoms with Gasteiger partial charge in [-0.3, -0.25) is 9.59 Å². The van der Waals surface area contributed by atoms with Gasteiger partial charge in [-0.15, -0.1) is 0 Å². The average Bonchev–Trinajstić information content (AvgIpc) is 2.63. The molecule has 0 heterocycles. The minimum Gasteiger partial charge on any atom is -0.466 e. The number of nitrogens with two attached hydrogens (primary N) is 1. The van der Waals surface area contributed by atoms with E-state index in [1.54, 1.807) is 56.4 Å². The molecule has 0 aromatic heterocycles. The number of para-hydroxylation sites is 1. The van der Waals surface area contributed by atoms with Crippen molar-refractivity contribution in [2.75, 3.05) is 36.1 Å². The number of carbonyl (C=O) groups is 2. The molecular weight excluding hydrogens is 354 g/mol. The van der Waals surface area contributed by atoms with Crippen molar-refractivity contribution in [2.24, 2.45) is 0 Å². The van der Waals surface area contributed by atoms with Crippen molar-refractivity contribution in [2.45, 2.75) is 13.3 Å². The zero-order valence-electron chi connectivity index (χ0n) is 14.8. The average molecular weight is 376 g/mol. The summed E-state index contributed by atoms with van der Waals surface area (Å²) in [5.41, 5.74) is 8.10. The summed E-state index contributed by atoms with van der Waals surface area (Å²) in [7, 11) is 1.75. The van der Waals surface area contributed by atoms with Gasteiger partial charge in [0, 0.05) is 19.2 Å².